The fourth-order valence-electron chi connectivity index (χ4n) is 0.615. The second kappa shape index (κ2) is 11.0. The van der Waals surface area contributed by atoms with E-state index in [1.54, 1.807) is 0 Å². The molecule has 0 aromatic heterocycles. The van der Waals surface area contributed by atoms with E-state index in [4.69, 9.17) is 5.73 Å². The van der Waals surface area contributed by atoms with Crippen LogP contribution in [0.1, 0.15) is 6.42 Å². The highest BCUT2D eigenvalue weighted by Crippen LogP contribution is 2.07. The van der Waals surface area contributed by atoms with Crippen LogP contribution < -0.4 is 5.73 Å². The van der Waals surface area contributed by atoms with E-state index < -0.39 is 0 Å². The topological polar surface area (TPSA) is 26.0 Å². The first-order valence-electron chi connectivity index (χ1n) is 3.88. The van der Waals surface area contributed by atoms with Gasteiger partial charge in [-0.2, -0.15) is 36.2 Å². The van der Waals surface area contributed by atoms with E-state index in [-0.39, 0.29) is 0 Å². The van der Waals surface area contributed by atoms with Crippen LogP contribution in [0.3, 0.4) is 0 Å². The molecule has 0 saturated carbocycles. The van der Waals surface area contributed by atoms with Gasteiger partial charge in [-0.1, -0.05) is 0 Å². The van der Waals surface area contributed by atoms with Crippen molar-refractivity contribution in [2.75, 3.05) is 35.3 Å². The van der Waals surface area contributed by atoms with Crippen LogP contribution in [0.4, 0.5) is 0 Å². The Morgan fingerprint density at radius 3 is 2.18 bits per heavy atom. The van der Waals surface area contributed by atoms with E-state index >= 15 is 0 Å². The Labute approximate surface area is 83.7 Å². The van der Waals surface area contributed by atoms with Gasteiger partial charge < -0.3 is 5.73 Å². The zero-order chi connectivity index (χ0) is 8.36. The standard InChI is InChI=1S/C7H17NS3/c8-2-6-10-4-1-5-11-7-3-9/h9H,1-8H2. The molecular formula is C7H17NS3. The molecule has 0 aromatic carbocycles. The summed E-state index contributed by atoms with van der Waals surface area (Å²) >= 11 is 8.08. The quantitative estimate of drug-likeness (QED) is 0.473. The molecular weight excluding hydrogens is 194 g/mol. The summed E-state index contributed by atoms with van der Waals surface area (Å²) in [5.41, 5.74) is 5.35. The fraction of sp³-hybridized carbons (Fsp3) is 1.00. The van der Waals surface area contributed by atoms with Crippen LogP contribution in [0.15, 0.2) is 0 Å². The van der Waals surface area contributed by atoms with Gasteiger partial charge in [-0.05, 0) is 23.7 Å². The van der Waals surface area contributed by atoms with Crippen LogP contribution in [-0.4, -0.2) is 35.3 Å². The lowest BCUT2D eigenvalue weighted by atomic mass is 10.6. The smallest absolute Gasteiger partial charge is 0.00558 e. The Bertz CT molecular complexity index is 62.7. The second-order valence-corrected chi connectivity index (χ2v) is 4.99. The van der Waals surface area contributed by atoms with Crippen LogP contribution in [0, 0.1) is 0 Å². The first-order chi connectivity index (χ1) is 5.41. The van der Waals surface area contributed by atoms with Gasteiger partial charge in [0, 0.05) is 18.1 Å². The van der Waals surface area contributed by atoms with E-state index in [1.807, 2.05) is 23.5 Å². The van der Waals surface area contributed by atoms with Crippen LogP contribution in [0.25, 0.3) is 0 Å². The molecule has 0 bridgehead atoms. The van der Waals surface area contributed by atoms with Crippen molar-refractivity contribution in [3.05, 3.63) is 0 Å². The summed E-state index contributed by atoms with van der Waals surface area (Å²) in [6.07, 6.45) is 1.31. The Hall–Kier alpha value is 1.01. The first-order valence-corrected chi connectivity index (χ1v) is 6.82. The average molecular weight is 211 g/mol. The van der Waals surface area contributed by atoms with E-state index in [0.29, 0.717) is 0 Å². The Kier molecular flexibility index (Phi) is 12.0. The third-order valence-corrected chi connectivity index (χ3v) is 3.77. The Balaban J connectivity index is 2.69. The highest BCUT2D eigenvalue weighted by molar-refractivity contribution is 8.00. The minimum atomic E-state index is 0.814. The summed E-state index contributed by atoms with van der Waals surface area (Å²) in [5.74, 6) is 5.83. The molecule has 0 aromatic rings. The SMILES string of the molecule is NCCSCCCSCCS. The van der Waals surface area contributed by atoms with Crippen LogP contribution in [0.2, 0.25) is 0 Å². The van der Waals surface area contributed by atoms with Gasteiger partial charge in [0.25, 0.3) is 0 Å². The summed E-state index contributed by atoms with van der Waals surface area (Å²) in [6, 6.07) is 0. The number of hydrogen-bond donors (Lipinski definition) is 2. The maximum atomic E-state index is 5.35. The molecule has 11 heavy (non-hydrogen) atoms. The van der Waals surface area contributed by atoms with Crippen LogP contribution in [-0.2, 0) is 0 Å². The largest absolute Gasteiger partial charge is 0.330 e. The highest BCUT2D eigenvalue weighted by Gasteiger charge is 1.89. The normalized spacial score (nSPS) is 10.4. The molecule has 0 rings (SSSR count). The molecule has 0 aliphatic heterocycles. The molecule has 0 unspecified atom stereocenters. The van der Waals surface area contributed by atoms with Crippen molar-refractivity contribution >= 4 is 36.2 Å². The van der Waals surface area contributed by atoms with E-state index in [9.17, 15) is 0 Å². The molecule has 0 fully saturated rings. The maximum absolute atomic E-state index is 5.35. The second-order valence-electron chi connectivity index (χ2n) is 2.09. The van der Waals surface area contributed by atoms with Gasteiger partial charge in [0.2, 0.25) is 0 Å². The molecule has 0 amide bonds. The lowest BCUT2D eigenvalue weighted by Crippen LogP contribution is -2.02. The molecule has 2 N–H and O–H groups in total. The molecule has 0 atom stereocenters. The van der Waals surface area contributed by atoms with Crippen molar-refractivity contribution in [2.45, 2.75) is 6.42 Å². The van der Waals surface area contributed by atoms with E-state index in [1.165, 1.54) is 23.7 Å². The van der Waals surface area contributed by atoms with Crippen molar-refractivity contribution in [3.63, 3.8) is 0 Å². The average Bonchev–Trinajstić information content (AvgIpc) is 2.03. The number of thiol groups is 1. The molecule has 0 saturated heterocycles. The molecule has 0 aliphatic carbocycles. The molecule has 0 aliphatic rings. The Morgan fingerprint density at radius 2 is 1.64 bits per heavy atom. The maximum Gasteiger partial charge on any atom is 0.00558 e. The third kappa shape index (κ3) is 11.0. The van der Waals surface area contributed by atoms with Crippen molar-refractivity contribution in [1.82, 2.24) is 0 Å². The molecule has 0 heterocycles. The predicted octanol–water partition coefficient (Wildman–Crippen LogP) is 1.73. The van der Waals surface area contributed by atoms with Gasteiger partial charge in [0.1, 0.15) is 0 Å². The van der Waals surface area contributed by atoms with Crippen molar-refractivity contribution in [3.8, 4) is 0 Å². The van der Waals surface area contributed by atoms with Crippen LogP contribution in [0.5, 0.6) is 0 Å². The number of nitrogens with two attached hydrogens (primary N) is 1. The summed E-state index contributed by atoms with van der Waals surface area (Å²) in [6.45, 7) is 0.814. The van der Waals surface area contributed by atoms with Gasteiger partial charge in [0.05, 0.1) is 0 Å². The summed E-state index contributed by atoms with van der Waals surface area (Å²) in [4.78, 5) is 0. The Morgan fingerprint density at radius 1 is 1.00 bits per heavy atom. The van der Waals surface area contributed by atoms with Gasteiger partial charge in [-0.25, -0.2) is 0 Å². The summed E-state index contributed by atoms with van der Waals surface area (Å²) in [5, 5.41) is 0. The molecule has 1 nitrogen and oxygen atoms in total. The van der Waals surface area contributed by atoms with Gasteiger partial charge >= 0.3 is 0 Å². The molecule has 68 valence electrons. The van der Waals surface area contributed by atoms with Crippen molar-refractivity contribution < 1.29 is 0 Å². The lowest BCUT2D eigenvalue weighted by Gasteiger charge is -1.99. The zero-order valence-corrected chi connectivity index (χ0v) is 9.32. The highest BCUT2D eigenvalue weighted by atomic mass is 32.2. The molecule has 4 heteroatoms. The first kappa shape index (κ1) is 12.0. The minimum Gasteiger partial charge on any atom is -0.330 e. The van der Waals surface area contributed by atoms with Crippen molar-refractivity contribution in [1.29, 1.82) is 0 Å². The van der Waals surface area contributed by atoms with E-state index in [0.717, 1.165) is 18.1 Å². The van der Waals surface area contributed by atoms with Crippen molar-refractivity contribution in [2.24, 2.45) is 5.73 Å². The van der Waals surface area contributed by atoms with Crippen LogP contribution >= 0.6 is 36.2 Å². The monoisotopic (exact) mass is 211 g/mol. The summed E-state index contributed by atoms with van der Waals surface area (Å²) in [7, 11) is 0. The van der Waals surface area contributed by atoms with Gasteiger partial charge in [-0.15, -0.1) is 0 Å². The number of thioether (sulfide) groups is 2. The van der Waals surface area contributed by atoms with Gasteiger partial charge in [-0.3, -0.25) is 0 Å². The summed E-state index contributed by atoms with van der Waals surface area (Å²) < 4.78 is 0. The fourth-order valence-corrected chi connectivity index (χ4v) is 2.59. The number of rotatable bonds is 8. The lowest BCUT2D eigenvalue weighted by molar-refractivity contribution is 1.10. The van der Waals surface area contributed by atoms with Gasteiger partial charge in [0.15, 0.2) is 0 Å². The third-order valence-electron chi connectivity index (χ3n) is 1.08. The molecule has 0 spiro atoms. The zero-order valence-electron chi connectivity index (χ0n) is 6.79. The molecule has 0 radical (unpaired) electrons. The predicted molar refractivity (Wildman–Crippen MR) is 62.2 cm³/mol. The van der Waals surface area contributed by atoms with E-state index in [2.05, 4.69) is 12.6 Å². The minimum absolute atomic E-state index is 0.814. The number of hydrogen-bond acceptors (Lipinski definition) is 4.